The highest BCUT2D eigenvalue weighted by Gasteiger charge is 2.51. The van der Waals surface area contributed by atoms with Crippen molar-refractivity contribution in [3.05, 3.63) is 69.8 Å². The van der Waals surface area contributed by atoms with E-state index in [4.69, 9.17) is 23.7 Å². The average Bonchev–Trinajstić information content (AvgIpc) is 2.89. The van der Waals surface area contributed by atoms with Crippen molar-refractivity contribution >= 4 is 0 Å². The summed E-state index contributed by atoms with van der Waals surface area (Å²) in [7, 11) is 6.42. The van der Waals surface area contributed by atoms with Crippen LogP contribution < -0.4 is 23.7 Å². The van der Waals surface area contributed by atoms with Crippen LogP contribution in [0.5, 0.6) is 34.5 Å². The maximum atomic E-state index is 13.4. The Hall–Kier alpha value is -3.38. The molecular formula is C35H46O6. The second-order valence-corrected chi connectivity index (χ2v) is 13.9. The molecule has 0 spiro atoms. The van der Waals surface area contributed by atoms with E-state index in [9.17, 15) is 5.11 Å². The zero-order valence-corrected chi connectivity index (χ0v) is 27.0. The van der Waals surface area contributed by atoms with E-state index in [1.54, 1.807) is 28.4 Å². The van der Waals surface area contributed by atoms with E-state index < -0.39 is 5.60 Å². The van der Waals surface area contributed by atoms with E-state index in [0.717, 1.165) is 16.7 Å². The molecule has 6 nitrogen and oxygen atoms in total. The monoisotopic (exact) mass is 562 g/mol. The summed E-state index contributed by atoms with van der Waals surface area (Å²) in [5, 5.41) is 13.4. The molecule has 0 radical (unpaired) electrons. The SMILES string of the molecule is COc1cc(C(C)(C)C)cc(OC)c1C1(O)c2c(OC)cc(C(C)(C)C)cc2Oc2cc(C(C)(C)C)cc(OC)c21. The summed E-state index contributed by atoms with van der Waals surface area (Å²) in [5.74, 6) is 2.96. The van der Waals surface area contributed by atoms with Gasteiger partial charge in [-0.15, -0.1) is 0 Å². The fourth-order valence-electron chi connectivity index (χ4n) is 5.44. The first-order chi connectivity index (χ1) is 18.9. The second-order valence-electron chi connectivity index (χ2n) is 13.9. The minimum Gasteiger partial charge on any atom is -0.496 e. The zero-order chi connectivity index (χ0) is 30.7. The minimum absolute atomic E-state index is 0.189. The molecule has 1 aliphatic heterocycles. The molecule has 222 valence electrons. The van der Waals surface area contributed by atoms with Crippen molar-refractivity contribution in [2.75, 3.05) is 28.4 Å². The molecule has 0 bridgehead atoms. The first-order valence-electron chi connectivity index (χ1n) is 14.0. The summed E-state index contributed by atoms with van der Waals surface area (Å²) >= 11 is 0. The van der Waals surface area contributed by atoms with Gasteiger partial charge in [-0.3, -0.25) is 0 Å². The number of methoxy groups -OCH3 is 4. The third-order valence-corrected chi connectivity index (χ3v) is 7.98. The van der Waals surface area contributed by atoms with Crippen LogP contribution in [0, 0.1) is 0 Å². The number of aliphatic hydroxyl groups is 1. The quantitative estimate of drug-likeness (QED) is 0.340. The lowest BCUT2D eigenvalue weighted by molar-refractivity contribution is 0.0986. The van der Waals surface area contributed by atoms with Gasteiger partial charge in [0.2, 0.25) is 0 Å². The number of benzene rings is 3. The number of fused-ring (bicyclic) bond motifs is 2. The Morgan fingerprint density at radius 1 is 0.488 bits per heavy atom. The fourth-order valence-corrected chi connectivity index (χ4v) is 5.44. The highest BCUT2D eigenvalue weighted by Crippen LogP contribution is 2.61. The molecule has 0 fully saturated rings. The lowest BCUT2D eigenvalue weighted by Gasteiger charge is -2.41. The molecule has 3 aromatic rings. The predicted octanol–water partition coefficient (Wildman–Crippen LogP) is 8.00. The van der Waals surface area contributed by atoms with Crippen molar-refractivity contribution in [2.24, 2.45) is 0 Å². The molecule has 0 unspecified atom stereocenters. The number of ether oxygens (including phenoxy) is 5. The molecule has 1 aliphatic rings. The van der Waals surface area contributed by atoms with Gasteiger partial charge in [0.1, 0.15) is 34.5 Å². The van der Waals surface area contributed by atoms with Gasteiger partial charge in [-0.25, -0.2) is 0 Å². The molecule has 0 aliphatic carbocycles. The van der Waals surface area contributed by atoms with Gasteiger partial charge < -0.3 is 28.8 Å². The fraction of sp³-hybridized carbons (Fsp3) is 0.486. The van der Waals surface area contributed by atoms with Gasteiger partial charge in [0.05, 0.1) is 45.1 Å². The van der Waals surface area contributed by atoms with Crippen LogP contribution >= 0.6 is 0 Å². The highest BCUT2D eigenvalue weighted by atomic mass is 16.5. The van der Waals surface area contributed by atoms with Gasteiger partial charge >= 0.3 is 0 Å². The molecule has 0 saturated heterocycles. The second kappa shape index (κ2) is 10.2. The minimum atomic E-state index is -1.82. The van der Waals surface area contributed by atoms with Crippen LogP contribution in [0.4, 0.5) is 0 Å². The molecule has 1 heterocycles. The maximum absolute atomic E-state index is 13.4. The van der Waals surface area contributed by atoms with E-state index in [2.05, 4.69) is 62.3 Å². The molecule has 0 atom stereocenters. The first kappa shape index (κ1) is 30.6. The maximum Gasteiger partial charge on any atom is 0.162 e. The van der Waals surface area contributed by atoms with Crippen molar-refractivity contribution in [3.8, 4) is 34.5 Å². The lowest BCUT2D eigenvalue weighted by Crippen LogP contribution is -2.35. The summed E-state index contributed by atoms with van der Waals surface area (Å²) < 4.78 is 30.7. The molecule has 0 saturated carbocycles. The number of rotatable bonds is 5. The smallest absolute Gasteiger partial charge is 0.162 e. The Balaban J connectivity index is 2.25. The Labute approximate surface area is 245 Å². The van der Waals surface area contributed by atoms with Crippen LogP contribution in [0.3, 0.4) is 0 Å². The molecule has 6 heteroatoms. The summed E-state index contributed by atoms with van der Waals surface area (Å²) in [6, 6.07) is 11.9. The topological polar surface area (TPSA) is 66.4 Å². The Morgan fingerprint density at radius 3 is 1.02 bits per heavy atom. The van der Waals surface area contributed by atoms with Gasteiger partial charge in [0, 0.05) is 0 Å². The summed E-state index contributed by atoms with van der Waals surface area (Å²) in [6.07, 6.45) is 0. The van der Waals surface area contributed by atoms with Crippen molar-refractivity contribution in [1.29, 1.82) is 0 Å². The zero-order valence-electron chi connectivity index (χ0n) is 27.0. The molecule has 41 heavy (non-hydrogen) atoms. The van der Waals surface area contributed by atoms with Gasteiger partial charge in [-0.2, -0.15) is 0 Å². The standard InChI is InChI=1S/C35H46O6/c1-32(2,3)20-14-23(37-10)29(24(15-20)38-11)35(36)30-25(39-12)16-21(33(4,5)6)18-27(30)41-28-19-22(34(7,8)9)17-26(40-13)31(28)35/h14-19,36H,1-13H3. The summed E-state index contributed by atoms with van der Waals surface area (Å²) in [6.45, 7) is 19.2. The van der Waals surface area contributed by atoms with Gasteiger partial charge in [0.25, 0.3) is 0 Å². The van der Waals surface area contributed by atoms with Crippen molar-refractivity contribution in [1.82, 2.24) is 0 Å². The van der Waals surface area contributed by atoms with Gasteiger partial charge in [-0.05, 0) is 69.3 Å². The number of hydrogen-bond acceptors (Lipinski definition) is 6. The van der Waals surface area contributed by atoms with Crippen LogP contribution in [0.25, 0.3) is 0 Å². The van der Waals surface area contributed by atoms with E-state index in [0.29, 0.717) is 51.2 Å². The molecule has 0 amide bonds. The van der Waals surface area contributed by atoms with Crippen LogP contribution in [-0.2, 0) is 21.8 Å². The predicted molar refractivity (Wildman–Crippen MR) is 164 cm³/mol. The first-order valence-corrected chi connectivity index (χ1v) is 14.0. The molecular weight excluding hydrogens is 516 g/mol. The third-order valence-electron chi connectivity index (χ3n) is 7.98. The summed E-state index contributed by atoms with van der Waals surface area (Å²) in [4.78, 5) is 0. The third kappa shape index (κ3) is 5.12. The van der Waals surface area contributed by atoms with Crippen molar-refractivity contribution < 1.29 is 28.8 Å². The lowest BCUT2D eigenvalue weighted by atomic mass is 9.73. The van der Waals surface area contributed by atoms with Crippen LogP contribution in [-0.4, -0.2) is 33.5 Å². The molecule has 0 aromatic heterocycles. The van der Waals surface area contributed by atoms with Crippen LogP contribution in [0.2, 0.25) is 0 Å². The highest BCUT2D eigenvalue weighted by molar-refractivity contribution is 5.73. The Bertz CT molecular complexity index is 1370. The molecule has 1 N–H and O–H groups in total. The molecule has 4 rings (SSSR count). The Morgan fingerprint density at radius 2 is 0.756 bits per heavy atom. The van der Waals surface area contributed by atoms with Crippen molar-refractivity contribution in [3.63, 3.8) is 0 Å². The summed E-state index contributed by atoms with van der Waals surface area (Å²) in [5.41, 5.74) is 2.01. The van der Waals surface area contributed by atoms with Crippen molar-refractivity contribution in [2.45, 2.75) is 84.2 Å². The van der Waals surface area contributed by atoms with E-state index in [1.165, 1.54) is 0 Å². The van der Waals surface area contributed by atoms with E-state index in [1.807, 2.05) is 36.4 Å². The molecule has 3 aromatic carbocycles. The number of hydrogen-bond donors (Lipinski definition) is 1. The van der Waals surface area contributed by atoms with Crippen LogP contribution in [0.1, 0.15) is 95.7 Å². The van der Waals surface area contributed by atoms with E-state index >= 15 is 0 Å². The largest absolute Gasteiger partial charge is 0.496 e. The normalized spacial score (nSPS) is 14.5. The Kier molecular flexibility index (Phi) is 7.58. The van der Waals surface area contributed by atoms with Gasteiger partial charge in [-0.1, -0.05) is 62.3 Å². The van der Waals surface area contributed by atoms with Crippen LogP contribution in [0.15, 0.2) is 36.4 Å². The van der Waals surface area contributed by atoms with Gasteiger partial charge in [0.15, 0.2) is 5.60 Å². The average molecular weight is 563 g/mol. The van der Waals surface area contributed by atoms with E-state index in [-0.39, 0.29) is 16.2 Å².